The van der Waals surface area contributed by atoms with E-state index in [0.717, 1.165) is 15.7 Å². The summed E-state index contributed by atoms with van der Waals surface area (Å²) in [7, 11) is 0. The lowest BCUT2D eigenvalue weighted by Crippen LogP contribution is -2.22. The molecule has 0 bridgehead atoms. The number of carbonyl (C=O) groups excluding carboxylic acids is 1. The molecule has 1 amide bonds. The summed E-state index contributed by atoms with van der Waals surface area (Å²) in [5.74, 6) is -0.0565. The van der Waals surface area contributed by atoms with E-state index in [-0.39, 0.29) is 11.2 Å². The monoisotopic (exact) mass is 356 g/mol. The van der Waals surface area contributed by atoms with Gasteiger partial charge in [-0.1, -0.05) is 59.5 Å². The van der Waals surface area contributed by atoms with Gasteiger partial charge < -0.3 is 10.6 Å². The van der Waals surface area contributed by atoms with Crippen LogP contribution in [0.15, 0.2) is 65.0 Å². The second-order valence-electron chi connectivity index (χ2n) is 4.98. The van der Waals surface area contributed by atoms with Gasteiger partial charge >= 0.3 is 0 Å². The average Bonchev–Trinajstić information content (AvgIpc) is 3.03. The van der Waals surface area contributed by atoms with Gasteiger partial charge in [-0.05, 0) is 31.2 Å². The number of nitrogens with one attached hydrogen (secondary N) is 2. The molecule has 0 saturated carbocycles. The lowest BCUT2D eigenvalue weighted by molar-refractivity contribution is -0.115. The fourth-order valence-corrected chi connectivity index (χ4v) is 3.84. The Morgan fingerprint density at radius 3 is 2.29 bits per heavy atom. The van der Waals surface area contributed by atoms with Crippen LogP contribution < -0.4 is 10.6 Å². The van der Waals surface area contributed by atoms with Gasteiger partial charge in [0.1, 0.15) is 0 Å². The summed E-state index contributed by atoms with van der Waals surface area (Å²) in [6, 6.07) is 19.2. The second kappa shape index (κ2) is 7.94. The van der Waals surface area contributed by atoms with E-state index in [4.69, 9.17) is 0 Å². The van der Waals surface area contributed by atoms with E-state index in [2.05, 4.69) is 20.8 Å². The number of hydrogen-bond donors (Lipinski definition) is 2. The smallest absolute Gasteiger partial charge is 0.237 e. The van der Waals surface area contributed by atoms with Crippen molar-refractivity contribution < 1.29 is 4.79 Å². The van der Waals surface area contributed by atoms with Crippen molar-refractivity contribution in [3.05, 3.63) is 60.7 Å². The van der Waals surface area contributed by atoms with Gasteiger partial charge in [-0.3, -0.25) is 4.79 Å². The Morgan fingerprint density at radius 1 is 1.00 bits per heavy atom. The number of nitrogens with zero attached hydrogens (tertiary/aromatic N) is 2. The zero-order chi connectivity index (χ0) is 16.8. The molecule has 1 atom stereocenters. The minimum atomic E-state index is -0.261. The van der Waals surface area contributed by atoms with Crippen molar-refractivity contribution in [2.24, 2.45) is 0 Å². The van der Waals surface area contributed by atoms with Gasteiger partial charge in [0, 0.05) is 11.4 Å². The van der Waals surface area contributed by atoms with Crippen LogP contribution in [0, 0.1) is 0 Å². The minimum Gasteiger partial charge on any atom is -0.330 e. The summed E-state index contributed by atoms with van der Waals surface area (Å²) in [5, 5.41) is 14.8. The van der Waals surface area contributed by atoms with Crippen LogP contribution in [0.3, 0.4) is 0 Å². The third-order valence-corrected chi connectivity index (χ3v) is 5.14. The van der Waals surface area contributed by atoms with Crippen LogP contribution >= 0.6 is 23.1 Å². The van der Waals surface area contributed by atoms with E-state index in [0.29, 0.717) is 5.13 Å². The SMILES string of the molecule is CC(Sc1nnc(Nc2ccccc2)s1)C(=O)Nc1ccccc1. The van der Waals surface area contributed by atoms with Crippen LogP contribution in [-0.2, 0) is 4.79 Å². The van der Waals surface area contributed by atoms with Gasteiger partial charge in [0.15, 0.2) is 4.34 Å². The molecule has 1 aromatic heterocycles. The zero-order valence-electron chi connectivity index (χ0n) is 13.0. The Hall–Kier alpha value is -2.38. The van der Waals surface area contributed by atoms with E-state index in [1.165, 1.54) is 23.1 Å². The maximum atomic E-state index is 12.2. The van der Waals surface area contributed by atoms with Crippen LogP contribution in [-0.4, -0.2) is 21.4 Å². The van der Waals surface area contributed by atoms with Gasteiger partial charge in [0.25, 0.3) is 0 Å². The van der Waals surface area contributed by atoms with E-state index < -0.39 is 0 Å². The molecule has 3 aromatic rings. The Bertz CT molecular complexity index is 793. The van der Waals surface area contributed by atoms with Crippen molar-refractivity contribution in [2.75, 3.05) is 10.6 Å². The van der Waals surface area contributed by atoms with Crippen LogP contribution in [0.1, 0.15) is 6.92 Å². The zero-order valence-corrected chi connectivity index (χ0v) is 14.6. The van der Waals surface area contributed by atoms with Crippen molar-refractivity contribution in [2.45, 2.75) is 16.5 Å². The average molecular weight is 356 g/mol. The predicted octanol–water partition coefficient (Wildman–Crippen LogP) is 4.40. The van der Waals surface area contributed by atoms with E-state index in [9.17, 15) is 4.79 Å². The van der Waals surface area contributed by atoms with Crippen molar-refractivity contribution in [1.29, 1.82) is 0 Å². The quantitative estimate of drug-likeness (QED) is 0.641. The molecule has 24 heavy (non-hydrogen) atoms. The third-order valence-electron chi connectivity index (χ3n) is 3.12. The molecule has 5 nitrogen and oxygen atoms in total. The fraction of sp³-hybridized carbons (Fsp3) is 0.118. The summed E-state index contributed by atoms with van der Waals surface area (Å²) >= 11 is 2.82. The molecular formula is C17H16N4OS2. The third kappa shape index (κ3) is 4.56. The molecule has 0 aliphatic rings. The highest BCUT2D eigenvalue weighted by atomic mass is 32.2. The number of benzene rings is 2. The lowest BCUT2D eigenvalue weighted by Gasteiger charge is -2.09. The summed E-state index contributed by atoms with van der Waals surface area (Å²) in [6.45, 7) is 1.86. The first-order valence-electron chi connectivity index (χ1n) is 7.39. The molecule has 0 aliphatic heterocycles. The predicted molar refractivity (Wildman–Crippen MR) is 100 cm³/mol. The molecule has 122 valence electrons. The molecule has 0 spiro atoms. The number of anilines is 3. The topological polar surface area (TPSA) is 66.9 Å². The molecule has 7 heteroatoms. The fourth-order valence-electron chi connectivity index (χ4n) is 1.92. The van der Waals surface area contributed by atoms with Crippen molar-refractivity contribution >= 4 is 45.5 Å². The molecule has 0 fully saturated rings. The van der Waals surface area contributed by atoms with Gasteiger partial charge in [0.05, 0.1) is 5.25 Å². The van der Waals surface area contributed by atoms with Crippen molar-refractivity contribution in [3.63, 3.8) is 0 Å². The van der Waals surface area contributed by atoms with E-state index in [1.807, 2.05) is 67.6 Å². The number of carbonyl (C=O) groups is 1. The number of amides is 1. The second-order valence-corrected chi connectivity index (χ2v) is 7.54. The molecule has 2 aromatic carbocycles. The maximum absolute atomic E-state index is 12.2. The van der Waals surface area contributed by atoms with Crippen LogP contribution in [0.2, 0.25) is 0 Å². The maximum Gasteiger partial charge on any atom is 0.237 e. The first-order valence-corrected chi connectivity index (χ1v) is 9.08. The van der Waals surface area contributed by atoms with Gasteiger partial charge in [0.2, 0.25) is 11.0 Å². The van der Waals surface area contributed by atoms with Gasteiger partial charge in [-0.15, -0.1) is 10.2 Å². The van der Waals surface area contributed by atoms with Crippen LogP contribution in [0.4, 0.5) is 16.5 Å². The highest BCUT2D eigenvalue weighted by molar-refractivity contribution is 8.02. The van der Waals surface area contributed by atoms with E-state index >= 15 is 0 Å². The van der Waals surface area contributed by atoms with E-state index in [1.54, 1.807) is 0 Å². The number of thioether (sulfide) groups is 1. The van der Waals surface area contributed by atoms with Crippen LogP contribution in [0.5, 0.6) is 0 Å². The molecule has 1 heterocycles. The van der Waals surface area contributed by atoms with Crippen molar-refractivity contribution in [3.8, 4) is 0 Å². The Morgan fingerprint density at radius 2 is 1.62 bits per heavy atom. The lowest BCUT2D eigenvalue weighted by atomic mass is 10.3. The molecule has 0 radical (unpaired) electrons. The summed E-state index contributed by atoms with van der Waals surface area (Å²) in [4.78, 5) is 12.2. The molecule has 3 rings (SSSR count). The molecule has 2 N–H and O–H groups in total. The molecule has 1 unspecified atom stereocenters. The summed E-state index contributed by atoms with van der Waals surface area (Å²) in [5.41, 5.74) is 1.75. The highest BCUT2D eigenvalue weighted by Gasteiger charge is 2.17. The largest absolute Gasteiger partial charge is 0.330 e. The van der Waals surface area contributed by atoms with Crippen LogP contribution in [0.25, 0.3) is 0 Å². The molecular weight excluding hydrogens is 340 g/mol. The molecule has 0 aliphatic carbocycles. The van der Waals surface area contributed by atoms with Gasteiger partial charge in [-0.2, -0.15) is 0 Å². The standard InChI is InChI=1S/C17H16N4OS2/c1-12(15(22)18-13-8-4-2-5-9-13)23-17-21-20-16(24-17)19-14-10-6-3-7-11-14/h2-12H,1H3,(H,18,22)(H,19,20). The number of para-hydroxylation sites is 2. The van der Waals surface area contributed by atoms with Crippen molar-refractivity contribution in [1.82, 2.24) is 10.2 Å². The number of aromatic nitrogens is 2. The minimum absolute atomic E-state index is 0.0565. The molecule has 0 saturated heterocycles. The number of rotatable bonds is 6. The number of hydrogen-bond acceptors (Lipinski definition) is 6. The Kier molecular flexibility index (Phi) is 5.45. The van der Waals surface area contributed by atoms with Gasteiger partial charge in [-0.25, -0.2) is 0 Å². The Balaban J connectivity index is 1.57. The Labute approximate surface area is 148 Å². The first-order chi connectivity index (χ1) is 11.7. The summed E-state index contributed by atoms with van der Waals surface area (Å²) in [6.07, 6.45) is 0. The normalized spacial score (nSPS) is 11.7. The first kappa shape index (κ1) is 16.5. The highest BCUT2D eigenvalue weighted by Crippen LogP contribution is 2.30. The summed E-state index contributed by atoms with van der Waals surface area (Å²) < 4.78 is 0.754.